The predicted molar refractivity (Wildman–Crippen MR) is 116 cm³/mol. The van der Waals surface area contributed by atoms with Crippen molar-refractivity contribution >= 4 is 10.9 Å². The van der Waals surface area contributed by atoms with Gasteiger partial charge >= 0.3 is 23.9 Å². The van der Waals surface area contributed by atoms with Crippen LogP contribution in [0.25, 0.3) is 0 Å². The first-order chi connectivity index (χ1) is 16.0. The zero-order valence-corrected chi connectivity index (χ0v) is 19.5. The highest BCUT2D eigenvalue weighted by atomic mass is 32.2. The minimum Gasteiger partial charge on any atom is -0.194 e. The Morgan fingerprint density at radius 1 is 0.600 bits per heavy atom. The molecule has 35 heavy (non-hydrogen) atoms. The van der Waals surface area contributed by atoms with E-state index in [-0.39, 0.29) is 0 Å². The summed E-state index contributed by atoms with van der Waals surface area (Å²) < 4.78 is 125. The summed E-state index contributed by atoms with van der Waals surface area (Å²) in [6.07, 6.45) is -6.89. The molecule has 10 heteroatoms. The molecular formula is C25H20F9S+. The standard InChI is InChI=1S/C25H20F9S/c1-15-13-16(2)21(17(3)14-15)35(18-9-5-4-6-10-18)20-12-8-7-11-19(20)22(26,27)23(28,29)24(30,31)25(32,33)34/h4-14H,1-3H3/q+1. The van der Waals surface area contributed by atoms with Gasteiger partial charge in [-0.3, -0.25) is 0 Å². The van der Waals surface area contributed by atoms with Crippen LogP contribution in [-0.4, -0.2) is 18.0 Å². The third-order valence-electron chi connectivity index (χ3n) is 5.38. The number of alkyl halides is 9. The van der Waals surface area contributed by atoms with Crippen LogP contribution < -0.4 is 0 Å². The molecule has 0 fully saturated rings. The molecular weight excluding hydrogens is 503 g/mol. The lowest BCUT2D eigenvalue weighted by Crippen LogP contribution is -2.59. The largest absolute Gasteiger partial charge is 0.460 e. The smallest absolute Gasteiger partial charge is 0.194 e. The first-order valence-electron chi connectivity index (χ1n) is 10.2. The van der Waals surface area contributed by atoms with E-state index in [1.807, 2.05) is 0 Å². The van der Waals surface area contributed by atoms with Gasteiger partial charge in [-0.2, -0.15) is 39.5 Å². The zero-order valence-electron chi connectivity index (χ0n) is 18.7. The van der Waals surface area contributed by atoms with Gasteiger partial charge < -0.3 is 0 Å². The third kappa shape index (κ3) is 4.52. The van der Waals surface area contributed by atoms with Crippen LogP contribution in [0, 0.1) is 20.8 Å². The van der Waals surface area contributed by atoms with Gasteiger partial charge in [-0.15, -0.1) is 0 Å². The van der Waals surface area contributed by atoms with Crippen LogP contribution in [-0.2, 0) is 16.8 Å². The Balaban J connectivity index is 2.35. The minimum atomic E-state index is -6.97. The fourth-order valence-electron chi connectivity index (χ4n) is 3.85. The minimum absolute atomic E-state index is 0.400. The molecule has 0 radical (unpaired) electrons. The maximum Gasteiger partial charge on any atom is 0.460 e. The molecule has 3 rings (SSSR count). The second-order valence-electron chi connectivity index (χ2n) is 8.06. The van der Waals surface area contributed by atoms with E-state index in [2.05, 4.69) is 0 Å². The van der Waals surface area contributed by atoms with Gasteiger partial charge in [-0.25, -0.2) is 0 Å². The highest BCUT2D eigenvalue weighted by Crippen LogP contribution is 2.58. The van der Waals surface area contributed by atoms with Crippen molar-refractivity contribution in [3.8, 4) is 0 Å². The van der Waals surface area contributed by atoms with Crippen molar-refractivity contribution in [2.45, 2.75) is 59.4 Å². The second-order valence-corrected chi connectivity index (χ2v) is 10.00. The molecule has 188 valence electrons. The van der Waals surface area contributed by atoms with Gasteiger partial charge in [0.1, 0.15) is 10.9 Å². The molecule has 0 amide bonds. The highest BCUT2D eigenvalue weighted by Gasteiger charge is 2.82. The van der Waals surface area contributed by atoms with E-state index < -0.39 is 45.3 Å². The van der Waals surface area contributed by atoms with Gasteiger partial charge in [0, 0.05) is 11.1 Å². The van der Waals surface area contributed by atoms with Crippen molar-refractivity contribution in [1.29, 1.82) is 0 Å². The van der Waals surface area contributed by atoms with Crippen molar-refractivity contribution in [1.82, 2.24) is 0 Å². The second kappa shape index (κ2) is 9.11. The van der Waals surface area contributed by atoms with Crippen molar-refractivity contribution < 1.29 is 39.5 Å². The Labute approximate surface area is 199 Å². The number of hydrogen-bond acceptors (Lipinski definition) is 0. The van der Waals surface area contributed by atoms with Crippen LogP contribution in [0.1, 0.15) is 22.3 Å². The summed E-state index contributed by atoms with van der Waals surface area (Å²) in [6.45, 7) is 5.17. The van der Waals surface area contributed by atoms with E-state index in [1.54, 1.807) is 63.2 Å². The van der Waals surface area contributed by atoms with Crippen LogP contribution >= 0.6 is 0 Å². The first kappa shape index (κ1) is 27.0. The summed E-state index contributed by atoms with van der Waals surface area (Å²) >= 11 is 0. The normalized spacial score (nSPS) is 14.2. The quantitative estimate of drug-likeness (QED) is 0.224. The SMILES string of the molecule is Cc1cc(C)c([S+](c2ccccc2)c2ccccc2C(F)(F)C(F)(F)C(F)(F)C(F)(F)F)c(C)c1. The maximum absolute atomic E-state index is 15.2. The van der Waals surface area contributed by atoms with Crippen molar-refractivity contribution in [3.05, 3.63) is 89.0 Å². The molecule has 0 spiro atoms. The fraction of sp³-hybridized carbons (Fsp3) is 0.280. The van der Waals surface area contributed by atoms with Gasteiger partial charge in [0.05, 0.1) is 5.56 Å². The summed E-state index contributed by atoms with van der Waals surface area (Å²) in [5.41, 5.74) is 0.496. The van der Waals surface area contributed by atoms with Crippen LogP contribution in [0.4, 0.5) is 39.5 Å². The molecule has 1 unspecified atom stereocenters. The lowest BCUT2D eigenvalue weighted by molar-refractivity contribution is -0.399. The molecule has 0 aliphatic heterocycles. The van der Waals surface area contributed by atoms with Crippen LogP contribution in [0.5, 0.6) is 0 Å². The lowest BCUT2D eigenvalue weighted by atomic mass is 9.97. The molecule has 0 heterocycles. The molecule has 3 aromatic rings. The Morgan fingerprint density at radius 2 is 1.09 bits per heavy atom. The van der Waals surface area contributed by atoms with Crippen LogP contribution in [0.15, 0.2) is 81.4 Å². The molecule has 0 aliphatic rings. The first-order valence-corrected chi connectivity index (χ1v) is 11.4. The van der Waals surface area contributed by atoms with Crippen LogP contribution in [0.2, 0.25) is 0 Å². The molecule has 0 saturated carbocycles. The number of benzene rings is 3. The van der Waals surface area contributed by atoms with E-state index in [9.17, 15) is 30.7 Å². The van der Waals surface area contributed by atoms with E-state index in [4.69, 9.17) is 0 Å². The van der Waals surface area contributed by atoms with Gasteiger partial charge in [0.25, 0.3) is 0 Å². The van der Waals surface area contributed by atoms with Crippen molar-refractivity contribution in [3.63, 3.8) is 0 Å². The average Bonchev–Trinajstić information content (AvgIpc) is 2.75. The molecule has 0 bridgehead atoms. The van der Waals surface area contributed by atoms with Gasteiger partial charge in [0.15, 0.2) is 14.7 Å². The highest BCUT2D eigenvalue weighted by molar-refractivity contribution is 7.97. The van der Waals surface area contributed by atoms with Crippen molar-refractivity contribution in [2.24, 2.45) is 0 Å². The fourth-order valence-corrected chi connectivity index (χ4v) is 6.38. The molecule has 0 aliphatic carbocycles. The Morgan fingerprint density at radius 3 is 1.60 bits per heavy atom. The van der Waals surface area contributed by atoms with E-state index in [1.165, 1.54) is 6.07 Å². The summed E-state index contributed by atoms with van der Waals surface area (Å²) in [7, 11) is -1.53. The van der Waals surface area contributed by atoms with Gasteiger partial charge in [0.2, 0.25) is 0 Å². The molecule has 0 N–H and O–H groups in total. The van der Waals surface area contributed by atoms with Gasteiger partial charge in [-0.1, -0.05) is 48.0 Å². The number of halogens is 9. The summed E-state index contributed by atoms with van der Waals surface area (Å²) in [4.78, 5) is 0.407. The Bertz CT molecular complexity index is 1180. The Kier molecular flexibility index (Phi) is 7.02. The third-order valence-corrected chi connectivity index (χ3v) is 7.97. The number of rotatable bonds is 6. The van der Waals surface area contributed by atoms with Crippen molar-refractivity contribution in [2.75, 3.05) is 0 Å². The van der Waals surface area contributed by atoms with E-state index >= 15 is 8.78 Å². The molecule has 0 nitrogen and oxygen atoms in total. The number of aryl methyl sites for hydroxylation is 3. The number of hydrogen-bond donors (Lipinski definition) is 0. The van der Waals surface area contributed by atoms with E-state index in [0.29, 0.717) is 27.0 Å². The summed E-state index contributed by atoms with van der Waals surface area (Å²) in [5.74, 6) is -19.6. The topological polar surface area (TPSA) is 0 Å². The molecule has 0 aromatic heterocycles. The zero-order chi connectivity index (χ0) is 26.4. The molecule has 0 saturated heterocycles. The molecule has 1 atom stereocenters. The Hall–Kier alpha value is -2.62. The monoisotopic (exact) mass is 523 g/mol. The summed E-state index contributed by atoms with van der Waals surface area (Å²) in [6, 6.07) is 15.1. The predicted octanol–water partition coefficient (Wildman–Crippen LogP) is 8.63. The van der Waals surface area contributed by atoms with Gasteiger partial charge in [-0.05, 0) is 45.0 Å². The lowest BCUT2D eigenvalue weighted by Gasteiger charge is -2.34. The van der Waals surface area contributed by atoms with Crippen LogP contribution in [0.3, 0.4) is 0 Å². The average molecular weight is 523 g/mol. The maximum atomic E-state index is 15.2. The molecule has 3 aromatic carbocycles. The van der Waals surface area contributed by atoms with E-state index in [0.717, 1.165) is 17.7 Å². The summed E-state index contributed by atoms with van der Waals surface area (Å²) in [5, 5.41) is 0.